The molecule has 0 aliphatic heterocycles. The minimum absolute atomic E-state index is 0.0384. The number of para-hydroxylation sites is 1. The van der Waals surface area contributed by atoms with Gasteiger partial charge in [-0.25, -0.2) is 13.2 Å². The molecule has 0 amide bonds. The largest absolute Gasteiger partial charge is 0.423 e. The molecule has 0 spiro atoms. The molecule has 0 aromatic heterocycles. The van der Waals surface area contributed by atoms with Crippen molar-refractivity contribution in [2.24, 2.45) is 0 Å². The third-order valence-corrected chi connectivity index (χ3v) is 5.87. The topological polar surface area (TPSA) is 147 Å². The maximum absolute atomic E-state index is 13.1. The summed E-state index contributed by atoms with van der Waals surface area (Å²) >= 11 is 0. The minimum atomic E-state index is -4.43. The first kappa shape index (κ1) is 20.6. The molecular weight excluding hydrogens is 416 g/mol. The summed E-state index contributed by atoms with van der Waals surface area (Å²) in [5.74, 6) is -1.08. The van der Waals surface area contributed by atoms with Crippen LogP contribution in [-0.4, -0.2) is 24.2 Å². The number of ether oxygens (including phenoxy) is 1. The van der Waals surface area contributed by atoms with E-state index in [2.05, 4.69) is 0 Å². The Hall–Kier alpha value is -4.12. The average Bonchev–Trinajstić information content (AvgIpc) is 2.74. The monoisotopic (exact) mass is 428 g/mol. The highest BCUT2D eigenvalue weighted by molar-refractivity contribution is 7.91. The van der Waals surface area contributed by atoms with Gasteiger partial charge in [-0.3, -0.25) is 20.2 Å². The molecular formula is C19H12N2O8S. The molecule has 0 atom stereocenters. The van der Waals surface area contributed by atoms with Gasteiger partial charge in [0.2, 0.25) is 9.84 Å². The highest BCUT2D eigenvalue weighted by Gasteiger charge is 2.31. The van der Waals surface area contributed by atoms with E-state index >= 15 is 0 Å². The molecule has 0 fully saturated rings. The van der Waals surface area contributed by atoms with Crippen LogP contribution < -0.4 is 4.74 Å². The fourth-order valence-corrected chi connectivity index (χ4v) is 4.23. The Balaban J connectivity index is 2.01. The molecule has 152 valence electrons. The summed E-state index contributed by atoms with van der Waals surface area (Å²) in [6.45, 7) is 0. The fraction of sp³-hybridized carbons (Fsp3) is 0. The Bertz CT molecular complexity index is 1250. The molecule has 3 aromatic rings. The van der Waals surface area contributed by atoms with Crippen molar-refractivity contribution >= 4 is 27.2 Å². The average molecular weight is 428 g/mol. The molecule has 30 heavy (non-hydrogen) atoms. The lowest BCUT2D eigenvalue weighted by molar-refractivity contribution is -0.387. The molecule has 0 aliphatic rings. The molecule has 11 heteroatoms. The number of sulfone groups is 1. The molecule has 0 saturated carbocycles. The van der Waals surface area contributed by atoms with Gasteiger partial charge in [0.05, 0.1) is 20.3 Å². The van der Waals surface area contributed by atoms with Gasteiger partial charge in [0.1, 0.15) is 10.6 Å². The van der Waals surface area contributed by atoms with E-state index in [-0.39, 0.29) is 17.0 Å². The Labute approximate surface area is 169 Å². The van der Waals surface area contributed by atoms with E-state index in [1.54, 1.807) is 0 Å². The van der Waals surface area contributed by atoms with Gasteiger partial charge in [-0.2, -0.15) is 0 Å². The van der Waals surface area contributed by atoms with E-state index in [9.17, 15) is 33.4 Å². The number of benzene rings is 3. The lowest BCUT2D eigenvalue weighted by atomic mass is 10.2. The summed E-state index contributed by atoms with van der Waals surface area (Å²) in [5.41, 5.74) is -1.18. The third kappa shape index (κ3) is 4.00. The predicted molar refractivity (Wildman–Crippen MR) is 103 cm³/mol. The number of hydrogen-bond donors (Lipinski definition) is 0. The Kier molecular flexibility index (Phi) is 5.56. The second kappa shape index (κ2) is 8.09. The van der Waals surface area contributed by atoms with Crippen LogP contribution in [-0.2, 0) is 9.84 Å². The zero-order chi connectivity index (χ0) is 21.9. The van der Waals surface area contributed by atoms with Crippen LogP contribution in [0.1, 0.15) is 10.4 Å². The van der Waals surface area contributed by atoms with Crippen molar-refractivity contribution in [3.05, 3.63) is 98.6 Å². The SMILES string of the molecule is O=C(Oc1ccc([N+](=O)[O-])cc1)c1ccccc1S(=O)(=O)c1ccccc1[N+](=O)[O-]. The van der Waals surface area contributed by atoms with E-state index in [4.69, 9.17) is 4.74 Å². The van der Waals surface area contributed by atoms with Crippen LogP contribution >= 0.6 is 0 Å². The summed E-state index contributed by atoms with van der Waals surface area (Å²) in [4.78, 5) is 32.1. The van der Waals surface area contributed by atoms with Gasteiger partial charge in [0, 0.05) is 18.2 Å². The van der Waals surface area contributed by atoms with E-state index in [1.807, 2.05) is 0 Å². The number of carbonyl (C=O) groups is 1. The van der Waals surface area contributed by atoms with Crippen LogP contribution in [0.15, 0.2) is 82.6 Å². The van der Waals surface area contributed by atoms with Crippen molar-refractivity contribution in [1.82, 2.24) is 0 Å². The molecule has 0 aliphatic carbocycles. The number of nitrogens with zero attached hydrogens (tertiary/aromatic N) is 2. The van der Waals surface area contributed by atoms with Crippen molar-refractivity contribution in [3.63, 3.8) is 0 Å². The van der Waals surface area contributed by atoms with Crippen molar-refractivity contribution < 1.29 is 27.8 Å². The maximum atomic E-state index is 13.1. The molecule has 0 saturated heterocycles. The van der Waals surface area contributed by atoms with E-state index in [0.29, 0.717) is 0 Å². The molecule has 10 nitrogen and oxygen atoms in total. The standard InChI is InChI=1S/C19H12N2O8S/c22-19(29-14-11-9-13(10-12-14)20(23)24)15-5-1-3-7-17(15)30(27,28)18-8-4-2-6-16(18)21(25)26/h1-12H. The summed E-state index contributed by atoms with van der Waals surface area (Å²) in [6.07, 6.45) is 0. The molecule has 3 aromatic carbocycles. The normalized spacial score (nSPS) is 10.9. The van der Waals surface area contributed by atoms with Crippen LogP contribution in [0.3, 0.4) is 0 Å². The number of nitro groups is 2. The van der Waals surface area contributed by atoms with Gasteiger partial charge < -0.3 is 4.74 Å². The smallest absolute Gasteiger partial charge is 0.344 e. The maximum Gasteiger partial charge on any atom is 0.344 e. The van der Waals surface area contributed by atoms with Gasteiger partial charge in [-0.05, 0) is 30.3 Å². The van der Waals surface area contributed by atoms with Crippen LogP contribution in [0, 0.1) is 20.2 Å². The third-order valence-electron chi connectivity index (χ3n) is 4.01. The van der Waals surface area contributed by atoms with Crippen LogP contribution in [0.5, 0.6) is 5.75 Å². The van der Waals surface area contributed by atoms with Crippen LogP contribution in [0.2, 0.25) is 0 Å². The highest BCUT2D eigenvalue weighted by Crippen LogP contribution is 2.31. The zero-order valence-corrected chi connectivity index (χ0v) is 15.8. The lowest BCUT2D eigenvalue weighted by Gasteiger charge is -2.10. The van der Waals surface area contributed by atoms with Gasteiger partial charge in [-0.1, -0.05) is 24.3 Å². The van der Waals surface area contributed by atoms with Gasteiger partial charge in [-0.15, -0.1) is 0 Å². The molecule has 0 N–H and O–H groups in total. The molecule has 0 radical (unpaired) electrons. The van der Waals surface area contributed by atoms with E-state index in [1.165, 1.54) is 42.5 Å². The van der Waals surface area contributed by atoms with Gasteiger partial charge in [0.15, 0.2) is 0 Å². The van der Waals surface area contributed by atoms with E-state index < -0.39 is 41.1 Å². The van der Waals surface area contributed by atoms with Crippen molar-refractivity contribution in [1.29, 1.82) is 0 Å². The van der Waals surface area contributed by atoms with Crippen LogP contribution in [0.25, 0.3) is 0 Å². The Morgan fingerprint density at radius 3 is 1.93 bits per heavy atom. The number of carbonyl (C=O) groups excluding carboxylic acids is 1. The van der Waals surface area contributed by atoms with E-state index in [0.717, 1.165) is 30.3 Å². The Morgan fingerprint density at radius 1 is 0.767 bits per heavy atom. The van der Waals surface area contributed by atoms with Gasteiger partial charge in [0.25, 0.3) is 11.4 Å². The van der Waals surface area contributed by atoms with Crippen molar-refractivity contribution in [2.75, 3.05) is 0 Å². The fourth-order valence-electron chi connectivity index (χ4n) is 2.62. The molecule has 0 bridgehead atoms. The first-order chi connectivity index (χ1) is 14.2. The first-order valence-corrected chi connectivity index (χ1v) is 9.74. The lowest BCUT2D eigenvalue weighted by Crippen LogP contribution is -2.15. The molecule has 0 heterocycles. The predicted octanol–water partition coefficient (Wildman–Crippen LogP) is 3.56. The summed E-state index contributed by atoms with van der Waals surface area (Å²) in [5, 5.41) is 21.9. The minimum Gasteiger partial charge on any atom is -0.423 e. The molecule has 0 unspecified atom stereocenters. The number of hydrogen-bond acceptors (Lipinski definition) is 8. The van der Waals surface area contributed by atoms with Crippen LogP contribution in [0.4, 0.5) is 11.4 Å². The zero-order valence-electron chi connectivity index (χ0n) is 15.0. The number of nitro benzene ring substituents is 2. The number of rotatable bonds is 6. The highest BCUT2D eigenvalue weighted by atomic mass is 32.2. The van der Waals surface area contributed by atoms with Crippen molar-refractivity contribution in [3.8, 4) is 5.75 Å². The molecule has 3 rings (SSSR count). The second-order valence-electron chi connectivity index (χ2n) is 5.86. The van der Waals surface area contributed by atoms with Gasteiger partial charge >= 0.3 is 5.97 Å². The quantitative estimate of drug-likeness (QED) is 0.251. The summed E-state index contributed by atoms with van der Waals surface area (Å²) in [7, 11) is -4.43. The number of esters is 1. The number of non-ortho nitro benzene ring substituents is 1. The summed E-state index contributed by atoms with van der Waals surface area (Å²) < 4.78 is 31.3. The first-order valence-electron chi connectivity index (χ1n) is 8.26. The Morgan fingerprint density at radius 2 is 1.33 bits per heavy atom. The second-order valence-corrected chi connectivity index (χ2v) is 7.75. The summed E-state index contributed by atoms with van der Waals surface area (Å²) in [6, 6.07) is 14.5. The van der Waals surface area contributed by atoms with Crippen molar-refractivity contribution in [2.45, 2.75) is 9.79 Å².